The molecule has 1 heterocycles. The molecule has 1 amide bonds. The standard InChI is InChI=1S/C15H26N2O4S2/c1-7-12-8-9-13(22-12)23(19,20)17(6)10-11(2)16-14(18)21-15(3,4)5/h8-9,11H,7,10H2,1-6H3,(H,16,18)/t11-/m1/s1. The van der Waals surface area contributed by atoms with Crippen molar-refractivity contribution in [2.24, 2.45) is 0 Å². The van der Waals surface area contributed by atoms with Crippen LogP contribution in [0.1, 0.15) is 39.5 Å². The van der Waals surface area contributed by atoms with Crippen molar-refractivity contribution in [1.82, 2.24) is 9.62 Å². The normalized spacial score (nSPS) is 13.9. The van der Waals surface area contributed by atoms with Gasteiger partial charge in [-0.1, -0.05) is 6.92 Å². The van der Waals surface area contributed by atoms with E-state index in [1.165, 1.54) is 22.7 Å². The summed E-state index contributed by atoms with van der Waals surface area (Å²) in [6.07, 6.45) is 0.251. The molecule has 0 spiro atoms. The van der Waals surface area contributed by atoms with E-state index < -0.39 is 21.7 Å². The molecule has 0 saturated heterocycles. The Bertz CT molecular complexity index is 632. The zero-order valence-electron chi connectivity index (χ0n) is 14.5. The molecule has 0 radical (unpaired) electrons. The Balaban J connectivity index is 2.67. The number of amides is 1. The van der Waals surface area contributed by atoms with Gasteiger partial charge in [0, 0.05) is 24.5 Å². The summed E-state index contributed by atoms with van der Waals surface area (Å²) in [5, 5.41) is 2.64. The third kappa shape index (κ3) is 6.12. The van der Waals surface area contributed by atoms with Crippen LogP contribution in [0.15, 0.2) is 16.3 Å². The van der Waals surface area contributed by atoms with Crippen molar-refractivity contribution >= 4 is 27.5 Å². The number of nitrogens with one attached hydrogen (secondary N) is 1. The number of aryl methyl sites for hydroxylation is 1. The van der Waals surface area contributed by atoms with Crippen molar-refractivity contribution < 1.29 is 17.9 Å². The Morgan fingerprint density at radius 2 is 2.00 bits per heavy atom. The van der Waals surface area contributed by atoms with Gasteiger partial charge in [0.05, 0.1) is 0 Å². The zero-order valence-corrected chi connectivity index (χ0v) is 16.2. The molecule has 23 heavy (non-hydrogen) atoms. The average Bonchev–Trinajstić information content (AvgIpc) is 2.84. The van der Waals surface area contributed by atoms with Gasteiger partial charge >= 0.3 is 6.09 Å². The molecule has 8 heteroatoms. The first kappa shape index (κ1) is 19.9. The molecule has 0 unspecified atom stereocenters. The van der Waals surface area contributed by atoms with Crippen LogP contribution in [0.25, 0.3) is 0 Å². The summed E-state index contributed by atoms with van der Waals surface area (Å²) in [4.78, 5) is 12.7. The average molecular weight is 363 g/mol. The molecule has 1 rings (SSSR count). The lowest BCUT2D eigenvalue weighted by atomic mass is 10.2. The van der Waals surface area contributed by atoms with E-state index in [0.717, 1.165) is 11.3 Å². The molecule has 1 N–H and O–H groups in total. The number of ether oxygens (including phenoxy) is 1. The lowest BCUT2D eigenvalue weighted by Crippen LogP contribution is -2.44. The number of hydrogen-bond donors (Lipinski definition) is 1. The monoisotopic (exact) mass is 362 g/mol. The first-order chi connectivity index (χ1) is 10.5. The van der Waals surface area contributed by atoms with Crippen molar-refractivity contribution in [3.63, 3.8) is 0 Å². The molecule has 6 nitrogen and oxygen atoms in total. The van der Waals surface area contributed by atoms with Gasteiger partial charge < -0.3 is 10.1 Å². The maximum Gasteiger partial charge on any atom is 0.407 e. The van der Waals surface area contributed by atoms with Gasteiger partial charge in [-0.3, -0.25) is 0 Å². The summed E-state index contributed by atoms with van der Waals surface area (Å²) in [5.41, 5.74) is -0.588. The molecule has 1 aromatic rings. The largest absolute Gasteiger partial charge is 0.444 e. The van der Waals surface area contributed by atoms with Crippen molar-refractivity contribution in [2.45, 2.75) is 56.9 Å². The highest BCUT2D eigenvalue weighted by Gasteiger charge is 2.25. The van der Waals surface area contributed by atoms with Gasteiger partial charge in [0.25, 0.3) is 10.0 Å². The number of alkyl carbamates (subject to hydrolysis) is 1. The second-order valence-electron chi connectivity index (χ2n) is 6.41. The number of hydrogen-bond acceptors (Lipinski definition) is 5. The summed E-state index contributed by atoms with van der Waals surface area (Å²) < 4.78 is 31.7. The second-order valence-corrected chi connectivity index (χ2v) is 9.85. The molecule has 0 bridgehead atoms. The first-order valence-electron chi connectivity index (χ1n) is 7.50. The Morgan fingerprint density at radius 1 is 1.39 bits per heavy atom. The van der Waals surface area contributed by atoms with Crippen LogP contribution in [0.5, 0.6) is 0 Å². The number of carbonyl (C=O) groups excluding carboxylic acids is 1. The lowest BCUT2D eigenvalue weighted by molar-refractivity contribution is 0.0504. The van der Waals surface area contributed by atoms with E-state index in [0.29, 0.717) is 4.21 Å². The van der Waals surface area contributed by atoms with Crippen molar-refractivity contribution in [3.8, 4) is 0 Å². The smallest absolute Gasteiger partial charge is 0.407 e. The number of nitrogens with zero attached hydrogens (tertiary/aromatic N) is 1. The van der Waals surface area contributed by atoms with Crippen molar-refractivity contribution in [1.29, 1.82) is 0 Å². The van der Waals surface area contributed by atoms with E-state index in [9.17, 15) is 13.2 Å². The van der Waals surface area contributed by atoms with Gasteiger partial charge in [0.2, 0.25) is 0 Å². The first-order valence-corrected chi connectivity index (χ1v) is 9.76. The van der Waals surface area contributed by atoms with E-state index in [2.05, 4.69) is 5.32 Å². The molecule has 0 saturated carbocycles. The minimum absolute atomic E-state index is 0.168. The van der Waals surface area contributed by atoms with Crippen LogP contribution in [0.4, 0.5) is 4.79 Å². The predicted molar refractivity (Wildman–Crippen MR) is 92.3 cm³/mol. The molecular formula is C15H26N2O4S2. The maximum absolute atomic E-state index is 12.5. The van der Waals surface area contributed by atoms with Crippen LogP contribution in [0.2, 0.25) is 0 Å². The zero-order chi connectivity index (χ0) is 17.8. The van der Waals surface area contributed by atoms with Crippen LogP contribution in [0.3, 0.4) is 0 Å². The summed E-state index contributed by atoms with van der Waals surface area (Å²) in [6.45, 7) is 9.21. The molecule has 132 valence electrons. The number of rotatable bonds is 6. The molecule has 0 fully saturated rings. The summed E-state index contributed by atoms with van der Waals surface area (Å²) in [5.74, 6) is 0. The van der Waals surface area contributed by atoms with E-state index in [1.807, 2.05) is 13.0 Å². The minimum Gasteiger partial charge on any atom is -0.444 e. The van der Waals surface area contributed by atoms with Crippen LogP contribution in [0, 0.1) is 0 Å². The van der Waals surface area contributed by atoms with E-state index >= 15 is 0 Å². The molecule has 0 aliphatic rings. The van der Waals surface area contributed by atoms with Gasteiger partial charge in [-0.15, -0.1) is 11.3 Å². The highest BCUT2D eigenvalue weighted by molar-refractivity contribution is 7.91. The number of likely N-dealkylation sites (N-methyl/N-ethyl adjacent to an activating group) is 1. The van der Waals surface area contributed by atoms with E-state index in [-0.39, 0.29) is 12.6 Å². The molecular weight excluding hydrogens is 336 g/mol. The van der Waals surface area contributed by atoms with Crippen LogP contribution < -0.4 is 5.32 Å². The fourth-order valence-corrected chi connectivity index (χ4v) is 4.64. The van der Waals surface area contributed by atoms with Crippen LogP contribution in [-0.2, 0) is 21.2 Å². The Kier molecular flexibility index (Phi) is 6.61. The minimum atomic E-state index is -3.53. The molecule has 0 aromatic carbocycles. The molecule has 0 aliphatic heterocycles. The fourth-order valence-electron chi connectivity index (χ4n) is 1.88. The van der Waals surface area contributed by atoms with Gasteiger partial charge in [0.1, 0.15) is 9.81 Å². The van der Waals surface area contributed by atoms with Crippen molar-refractivity contribution in [3.05, 3.63) is 17.0 Å². The topological polar surface area (TPSA) is 75.7 Å². The molecule has 1 aromatic heterocycles. The fraction of sp³-hybridized carbons (Fsp3) is 0.667. The number of carbonyl (C=O) groups is 1. The molecule has 0 aliphatic carbocycles. The number of thiophene rings is 1. The van der Waals surface area contributed by atoms with Gasteiger partial charge in [0.15, 0.2) is 0 Å². The van der Waals surface area contributed by atoms with Crippen LogP contribution in [-0.4, -0.2) is 44.1 Å². The third-order valence-corrected chi connectivity index (χ3v) is 6.46. The Labute approximate surface area is 142 Å². The van der Waals surface area contributed by atoms with Gasteiger partial charge in [-0.25, -0.2) is 13.2 Å². The van der Waals surface area contributed by atoms with E-state index in [1.54, 1.807) is 33.8 Å². The SMILES string of the molecule is CCc1ccc(S(=O)(=O)N(C)C[C@@H](C)NC(=O)OC(C)(C)C)s1. The predicted octanol–water partition coefficient (Wildman–Crippen LogP) is 2.84. The number of sulfonamides is 1. The summed E-state index contributed by atoms with van der Waals surface area (Å²) in [6, 6.07) is 3.09. The van der Waals surface area contributed by atoms with E-state index in [4.69, 9.17) is 4.74 Å². The van der Waals surface area contributed by atoms with Crippen LogP contribution >= 0.6 is 11.3 Å². The third-order valence-electron chi connectivity index (χ3n) is 2.94. The summed E-state index contributed by atoms with van der Waals surface area (Å²) in [7, 11) is -2.03. The van der Waals surface area contributed by atoms with Gasteiger partial charge in [-0.05, 0) is 46.2 Å². The maximum atomic E-state index is 12.5. The highest BCUT2D eigenvalue weighted by atomic mass is 32.2. The quantitative estimate of drug-likeness (QED) is 0.844. The summed E-state index contributed by atoms with van der Waals surface area (Å²) >= 11 is 1.28. The Hall–Kier alpha value is -1.12. The lowest BCUT2D eigenvalue weighted by Gasteiger charge is -2.24. The molecule has 1 atom stereocenters. The Morgan fingerprint density at radius 3 is 2.48 bits per heavy atom. The van der Waals surface area contributed by atoms with Crippen molar-refractivity contribution in [2.75, 3.05) is 13.6 Å². The van der Waals surface area contributed by atoms with Gasteiger partial charge in [-0.2, -0.15) is 4.31 Å². The highest BCUT2D eigenvalue weighted by Crippen LogP contribution is 2.24. The second kappa shape index (κ2) is 7.63.